The number of hydrogen-bond donors (Lipinski definition) is 2. The lowest BCUT2D eigenvalue weighted by Crippen LogP contribution is -2.45. The van der Waals surface area contributed by atoms with Gasteiger partial charge in [-0.3, -0.25) is 24.1 Å². The molecule has 0 saturated carbocycles. The highest BCUT2D eigenvalue weighted by molar-refractivity contribution is 7.15. The van der Waals surface area contributed by atoms with Crippen LogP contribution in [0.25, 0.3) is 0 Å². The fraction of sp³-hybridized carbons (Fsp3) is 0.636. The number of likely N-dealkylation sites (tertiary alicyclic amines) is 2. The molecule has 1 unspecified atom stereocenters. The summed E-state index contributed by atoms with van der Waals surface area (Å²) >= 11 is 1.23. The van der Waals surface area contributed by atoms with Gasteiger partial charge in [-0.15, -0.1) is 11.3 Å². The van der Waals surface area contributed by atoms with Crippen LogP contribution in [0.3, 0.4) is 0 Å². The maximum absolute atomic E-state index is 12.8. The molecule has 1 atom stereocenters. The Kier molecular flexibility index (Phi) is 8.02. The van der Waals surface area contributed by atoms with Crippen LogP contribution >= 0.6 is 11.3 Å². The van der Waals surface area contributed by atoms with Crippen molar-refractivity contribution in [2.45, 2.75) is 51.2 Å². The van der Waals surface area contributed by atoms with Crippen LogP contribution in [0.2, 0.25) is 0 Å². The normalized spacial score (nSPS) is 23.4. The van der Waals surface area contributed by atoms with Gasteiger partial charge in [0.2, 0.25) is 0 Å². The molecule has 4 rings (SSSR count). The average Bonchev–Trinajstić information content (AvgIpc) is 3.36. The van der Waals surface area contributed by atoms with E-state index >= 15 is 0 Å². The zero-order chi connectivity index (χ0) is 23.3. The van der Waals surface area contributed by atoms with Crippen LogP contribution in [0.15, 0.2) is 12.1 Å². The maximum Gasteiger partial charge on any atom is 0.312 e. The fourth-order valence-corrected chi connectivity index (χ4v) is 5.54. The minimum absolute atomic E-state index is 0.0328. The van der Waals surface area contributed by atoms with Gasteiger partial charge in [0.05, 0.1) is 21.3 Å². The predicted molar refractivity (Wildman–Crippen MR) is 117 cm³/mol. The first-order valence-corrected chi connectivity index (χ1v) is 11.7. The van der Waals surface area contributed by atoms with E-state index in [9.17, 15) is 19.5 Å². The highest BCUT2D eigenvalue weighted by atomic mass is 32.1. The van der Waals surface area contributed by atoms with Crippen LogP contribution in [0.4, 0.5) is 0 Å². The van der Waals surface area contributed by atoms with Gasteiger partial charge in [-0.05, 0) is 44.7 Å². The van der Waals surface area contributed by atoms with E-state index in [0.717, 1.165) is 32.5 Å². The van der Waals surface area contributed by atoms with E-state index in [2.05, 4.69) is 4.90 Å². The van der Waals surface area contributed by atoms with Gasteiger partial charge in [0.1, 0.15) is 6.10 Å². The molecule has 3 aliphatic heterocycles. The molecule has 10 heteroatoms. The van der Waals surface area contributed by atoms with Crippen LogP contribution < -0.4 is 0 Å². The van der Waals surface area contributed by atoms with Crippen molar-refractivity contribution in [3.63, 3.8) is 0 Å². The van der Waals surface area contributed by atoms with E-state index in [1.54, 1.807) is 17.0 Å². The van der Waals surface area contributed by atoms with Gasteiger partial charge in [0, 0.05) is 39.1 Å². The van der Waals surface area contributed by atoms with Crippen LogP contribution in [-0.4, -0.2) is 89.1 Å². The molecular weight excluding hydrogens is 436 g/mol. The Labute approximate surface area is 190 Å². The van der Waals surface area contributed by atoms with E-state index in [1.807, 2.05) is 0 Å². The number of carboxylic acid groups (broad SMARTS) is 1. The number of esters is 1. The number of ether oxygens (including phenoxy) is 1. The zero-order valence-electron chi connectivity index (χ0n) is 18.2. The summed E-state index contributed by atoms with van der Waals surface area (Å²) in [7, 11) is 0. The first-order chi connectivity index (χ1) is 15.3. The summed E-state index contributed by atoms with van der Waals surface area (Å²) in [5.41, 5.74) is -0.475. The molecule has 3 aliphatic rings. The van der Waals surface area contributed by atoms with Crippen molar-refractivity contribution in [3.8, 4) is 0 Å². The topological polar surface area (TPSA) is 124 Å². The van der Waals surface area contributed by atoms with Gasteiger partial charge in [0.25, 0.3) is 12.4 Å². The van der Waals surface area contributed by atoms with Gasteiger partial charge in [-0.25, -0.2) is 0 Å². The number of hydrogen-bond acceptors (Lipinski definition) is 8. The lowest BCUT2D eigenvalue weighted by Gasteiger charge is -2.36. The number of aliphatic hydroxyl groups excluding tert-OH is 1. The molecule has 176 valence electrons. The first kappa shape index (κ1) is 24.3. The van der Waals surface area contributed by atoms with E-state index in [-0.39, 0.29) is 36.3 Å². The Balaban J connectivity index is 0.000000913. The second kappa shape index (κ2) is 10.5. The van der Waals surface area contributed by atoms with Gasteiger partial charge < -0.3 is 19.8 Å². The van der Waals surface area contributed by atoms with Crippen molar-refractivity contribution in [3.05, 3.63) is 21.9 Å². The third-order valence-electron chi connectivity index (χ3n) is 6.52. The summed E-state index contributed by atoms with van der Waals surface area (Å²) in [6, 6.07) is 3.41. The molecular formula is C22H30N2O7S. The number of ketones is 1. The van der Waals surface area contributed by atoms with E-state index in [1.165, 1.54) is 18.3 Å². The molecule has 1 aromatic heterocycles. The zero-order valence-corrected chi connectivity index (χ0v) is 19.0. The third-order valence-corrected chi connectivity index (χ3v) is 7.69. The van der Waals surface area contributed by atoms with Gasteiger partial charge in [-0.2, -0.15) is 0 Å². The Bertz CT molecular complexity index is 839. The van der Waals surface area contributed by atoms with Gasteiger partial charge >= 0.3 is 5.97 Å². The number of Topliss-reactive ketones (excluding diaryl/α,β-unsaturated/α-hetero) is 1. The molecule has 2 N–H and O–H groups in total. The molecule has 32 heavy (non-hydrogen) atoms. The minimum atomic E-state index is -0.475. The number of aliphatic hydroxyl groups is 1. The second-order valence-electron chi connectivity index (χ2n) is 8.66. The molecule has 1 spiro atoms. The van der Waals surface area contributed by atoms with Gasteiger partial charge in [0.15, 0.2) is 5.78 Å². The van der Waals surface area contributed by atoms with E-state index in [4.69, 9.17) is 14.6 Å². The van der Waals surface area contributed by atoms with E-state index in [0.29, 0.717) is 42.1 Å². The fourth-order valence-electron chi connectivity index (χ4n) is 4.67. The second-order valence-corrected chi connectivity index (χ2v) is 9.75. The quantitative estimate of drug-likeness (QED) is 0.390. The average molecular weight is 467 g/mol. The number of cyclic esters (lactones) is 1. The highest BCUT2D eigenvalue weighted by Crippen LogP contribution is 2.43. The summed E-state index contributed by atoms with van der Waals surface area (Å²) in [6.45, 7) is 4.72. The molecule has 4 heterocycles. The summed E-state index contributed by atoms with van der Waals surface area (Å²) in [6.07, 6.45) is 3.19. The van der Waals surface area contributed by atoms with Crippen molar-refractivity contribution in [2.24, 2.45) is 5.41 Å². The van der Waals surface area contributed by atoms with Crippen LogP contribution in [0.5, 0.6) is 0 Å². The number of carbonyl (C=O) groups is 4. The number of nitrogens with zero attached hydrogens (tertiary/aromatic N) is 2. The van der Waals surface area contributed by atoms with Gasteiger partial charge in [-0.1, -0.05) is 0 Å². The van der Waals surface area contributed by atoms with Crippen LogP contribution in [0, 0.1) is 5.41 Å². The molecule has 1 amide bonds. The largest absolute Gasteiger partial charge is 0.483 e. The standard InChI is InChI=1S/C21H28N2O5S.CH2O2/c1-14(24)17-2-3-18(29-17)19(26)23-10-6-21(7-11-23)12-16(28-20(21)27)13-22-8-4-15(25)5-9-22;2-1-3/h2-3,15-16,25H,4-13H2,1H3;1H,(H,2,3). The smallest absolute Gasteiger partial charge is 0.312 e. The molecule has 0 bridgehead atoms. The summed E-state index contributed by atoms with van der Waals surface area (Å²) in [5.74, 6) is -0.219. The molecule has 0 radical (unpaired) electrons. The Hall–Kier alpha value is -2.30. The maximum atomic E-state index is 12.8. The van der Waals surface area contributed by atoms with Crippen molar-refractivity contribution >= 4 is 35.5 Å². The Morgan fingerprint density at radius 1 is 1.19 bits per heavy atom. The predicted octanol–water partition coefficient (Wildman–Crippen LogP) is 1.65. The van der Waals surface area contributed by atoms with Crippen molar-refractivity contribution < 1.29 is 34.1 Å². The summed E-state index contributed by atoms with van der Waals surface area (Å²) in [4.78, 5) is 50.5. The van der Waals surface area contributed by atoms with Crippen LogP contribution in [0.1, 0.15) is 58.4 Å². The van der Waals surface area contributed by atoms with Crippen molar-refractivity contribution in [1.29, 1.82) is 0 Å². The minimum Gasteiger partial charge on any atom is -0.483 e. The van der Waals surface area contributed by atoms with Crippen molar-refractivity contribution in [2.75, 3.05) is 32.7 Å². The monoisotopic (exact) mass is 466 g/mol. The Morgan fingerprint density at radius 2 is 1.78 bits per heavy atom. The molecule has 9 nitrogen and oxygen atoms in total. The molecule has 1 aromatic rings. The molecule has 3 saturated heterocycles. The summed E-state index contributed by atoms with van der Waals surface area (Å²) < 4.78 is 5.71. The molecule has 0 aliphatic carbocycles. The lowest BCUT2D eigenvalue weighted by molar-refractivity contribution is -0.151. The number of thiophene rings is 1. The van der Waals surface area contributed by atoms with E-state index < -0.39 is 5.41 Å². The number of rotatable bonds is 4. The summed E-state index contributed by atoms with van der Waals surface area (Å²) in [5, 5.41) is 16.5. The lowest BCUT2D eigenvalue weighted by atomic mass is 9.76. The Morgan fingerprint density at radius 3 is 2.34 bits per heavy atom. The van der Waals surface area contributed by atoms with Crippen LogP contribution in [-0.2, 0) is 14.3 Å². The number of carbonyl (C=O) groups excluding carboxylic acids is 3. The SMILES string of the molecule is CC(=O)c1ccc(C(=O)N2CCC3(CC2)CC(CN2CCC(O)CC2)OC3=O)s1.O=CO. The number of piperidine rings is 2. The van der Waals surface area contributed by atoms with Crippen molar-refractivity contribution in [1.82, 2.24) is 9.80 Å². The number of amides is 1. The third kappa shape index (κ3) is 5.54. The highest BCUT2D eigenvalue weighted by Gasteiger charge is 2.51. The molecule has 3 fully saturated rings. The molecule has 0 aromatic carbocycles. The first-order valence-electron chi connectivity index (χ1n) is 10.9.